The fourth-order valence-corrected chi connectivity index (χ4v) is 2.87. The summed E-state index contributed by atoms with van der Waals surface area (Å²) in [5.74, 6) is 0.0758. The van der Waals surface area contributed by atoms with Crippen LogP contribution in [0.2, 0.25) is 0 Å². The molecule has 0 radical (unpaired) electrons. The van der Waals surface area contributed by atoms with Crippen LogP contribution in [0.25, 0.3) is 0 Å². The van der Waals surface area contributed by atoms with Crippen LogP contribution in [-0.2, 0) is 9.63 Å². The Hall–Kier alpha value is -1.84. The van der Waals surface area contributed by atoms with Gasteiger partial charge in [0, 0.05) is 19.5 Å². The molecule has 0 aromatic heterocycles. The molecule has 3 rings (SSSR count). The van der Waals surface area contributed by atoms with Crippen molar-refractivity contribution in [2.75, 3.05) is 13.1 Å². The second-order valence-corrected chi connectivity index (χ2v) is 5.76. The van der Waals surface area contributed by atoms with E-state index in [0.29, 0.717) is 6.42 Å². The van der Waals surface area contributed by atoms with E-state index < -0.39 is 5.60 Å². The molecule has 1 aromatic carbocycles. The number of hydrogen-bond acceptors (Lipinski definition) is 3. The molecule has 0 N–H and O–H groups in total. The largest absolute Gasteiger partial charge is 0.379 e. The number of hydrogen-bond donors (Lipinski definition) is 0. The minimum atomic E-state index is -0.831. The first kappa shape index (κ1) is 13.2. The van der Waals surface area contributed by atoms with Crippen molar-refractivity contribution < 1.29 is 9.63 Å². The summed E-state index contributed by atoms with van der Waals surface area (Å²) in [6, 6.07) is 9.91. The summed E-state index contributed by atoms with van der Waals surface area (Å²) in [5.41, 5.74) is 1.06. The molecule has 106 valence electrons. The molecule has 4 nitrogen and oxygen atoms in total. The minimum Gasteiger partial charge on any atom is -0.379 e. The maximum atomic E-state index is 12.6. The van der Waals surface area contributed by atoms with E-state index in [1.54, 1.807) is 0 Å². The van der Waals surface area contributed by atoms with Gasteiger partial charge in [0.25, 0.3) is 5.91 Å². The molecule has 0 saturated carbocycles. The zero-order valence-electron chi connectivity index (χ0n) is 11.8. The van der Waals surface area contributed by atoms with Crippen LogP contribution < -0.4 is 0 Å². The first-order valence-corrected chi connectivity index (χ1v) is 7.29. The predicted octanol–water partition coefficient (Wildman–Crippen LogP) is 2.58. The summed E-state index contributed by atoms with van der Waals surface area (Å²) >= 11 is 0. The van der Waals surface area contributed by atoms with Gasteiger partial charge >= 0.3 is 0 Å². The molecule has 2 aliphatic heterocycles. The van der Waals surface area contributed by atoms with E-state index in [2.05, 4.69) is 5.16 Å². The highest BCUT2D eigenvalue weighted by molar-refractivity contribution is 6.05. The number of carbonyl (C=O) groups is 1. The van der Waals surface area contributed by atoms with Gasteiger partial charge in [0.1, 0.15) is 0 Å². The Labute approximate surface area is 119 Å². The van der Waals surface area contributed by atoms with Crippen LogP contribution in [-0.4, -0.2) is 35.2 Å². The Kier molecular flexibility index (Phi) is 3.47. The van der Waals surface area contributed by atoms with Gasteiger partial charge in [-0.25, -0.2) is 0 Å². The Morgan fingerprint density at radius 1 is 1.20 bits per heavy atom. The summed E-state index contributed by atoms with van der Waals surface area (Å²) in [7, 11) is 0. The monoisotopic (exact) mass is 272 g/mol. The van der Waals surface area contributed by atoms with Gasteiger partial charge in [-0.05, 0) is 31.7 Å². The van der Waals surface area contributed by atoms with Crippen molar-refractivity contribution in [3.05, 3.63) is 35.9 Å². The van der Waals surface area contributed by atoms with Crippen LogP contribution in [0.3, 0.4) is 0 Å². The van der Waals surface area contributed by atoms with Crippen molar-refractivity contribution >= 4 is 11.6 Å². The Bertz CT molecular complexity index is 521. The Morgan fingerprint density at radius 3 is 2.60 bits per heavy atom. The lowest BCUT2D eigenvalue weighted by molar-refractivity contribution is -0.154. The number of nitrogens with zero attached hydrogens (tertiary/aromatic N) is 2. The molecule has 0 aliphatic carbocycles. The second kappa shape index (κ2) is 5.27. The van der Waals surface area contributed by atoms with Gasteiger partial charge < -0.3 is 9.74 Å². The average molecular weight is 272 g/mol. The zero-order valence-corrected chi connectivity index (χ0v) is 11.8. The summed E-state index contributed by atoms with van der Waals surface area (Å²) in [4.78, 5) is 20.1. The molecule has 1 atom stereocenters. The van der Waals surface area contributed by atoms with Crippen LogP contribution in [0.15, 0.2) is 35.5 Å². The zero-order chi connectivity index (χ0) is 14.0. The summed E-state index contributed by atoms with van der Waals surface area (Å²) in [5, 5.41) is 4.14. The van der Waals surface area contributed by atoms with Gasteiger partial charge in [0.2, 0.25) is 5.60 Å². The molecular weight excluding hydrogens is 252 g/mol. The maximum absolute atomic E-state index is 12.6. The molecule has 1 fully saturated rings. The molecule has 1 aromatic rings. The van der Waals surface area contributed by atoms with Crippen molar-refractivity contribution in [2.45, 2.75) is 38.2 Å². The Morgan fingerprint density at radius 2 is 1.90 bits per heavy atom. The second-order valence-electron chi connectivity index (χ2n) is 5.76. The highest BCUT2D eigenvalue weighted by Gasteiger charge is 2.44. The fraction of sp³-hybridized carbons (Fsp3) is 0.500. The van der Waals surface area contributed by atoms with Gasteiger partial charge in [0.15, 0.2) is 0 Å². The number of piperidine rings is 1. The van der Waals surface area contributed by atoms with Crippen molar-refractivity contribution in [1.82, 2.24) is 4.90 Å². The smallest absolute Gasteiger partial charge is 0.269 e. The predicted molar refractivity (Wildman–Crippen MR) is 77.5 cm³/mol. The summed E-state index contributed by atoms with van der Waals surface area (Å²) in [6.07, 6.45) is 3.95. The maximum Gasteiger partial charge on any atom is 0.269 e. The number of carbonyl (C=O) groups excluding carboxylic acids is 1. The molecule has 0 spiro atoms. The Balaban J connectivity index is 1.71. The van der Waals surface area contributed by atoms with Crippen LogP contribution >= 0.6 is 0 Å². The molecule has 2 heterocycles. The van der Waals surface area contributed by atoms with Crippen LogP contribution in [0.4, 0.5) is 0 Å². The molecule has 2 aliphatic rings. The number of oxime groups is 1. The highest BCUT2D eigenvalue weighted by Crippen LogP contribution is 2.29. The van der Waals surface area contributed by atoms with E-state index in [1.165, 1.54) is 6.42 Å². The van der Waals surface area contributed by atoms with E-state index in [1.807, 2.05) is 42.2 Å². The van der Waals surface area contributed by atoms with E-state index >= 15 is 0 Å². The lowest BCUT2D eigenvalue weighted by Crippen LogP contribution is -2.49. The number of rotatable bonds is 2. The van der Waals surface area contributed by atoms with Gasteiger partial charge in [-0.3, -0.25) is 4.79 Å². The fourth-order valence-electron chi connectivity index (χ4n) is 2.87. The van der Waals surface area contributed by atoms with Crippen LogP contribution in [0.5, 0.6) is 0 Å². The van der Waals surface area contributed by atoms with Crippen molar-refractivity contribution in [1.29, 1.82) is 0 Å². The quantitative estimate of drug-likeness (QED) is 0.830. The van der Waals surface area contributed by atoms with Crippen molar-refractivity contribution in [3.8, 4) is 0 Å². The SMILES string of the molecule is C[C@]1(C(=O)N2CCCCC2)CC(c2ccccc2)=NO1. The standard InChI is InChI=1S/C16H20N2O2/c1-16(15(19)18-10-6-3-7-11-18)12-14(17-20-16)13-8-4-2-5-9-13/h2,4-5,8-9H,3,6-7,10-12H2,1H3/t16-/m1/s1. The van der Waals surface area contributed by atoms with Crippen molar-refractivity contribution in [3.63, 3.8) is 0 Å². The normalized spacial score (nSPS) is 26.1. The van der Waals surface area contributed by atoms with Gasteiger partial charge in [-0.2, -0.15) is 0 Å². The lowest BCUT2D eigenvalue weighted by Gasteiger charge is -2.32. The van der Waals surface area contributed by atoms with E-state index in [0.717, 1.165) is 37.2 Å². The number of amides is 1. The van der Waals surface area contributed by atoms with E-state index in [-0.39, 0.29) is 5.91 Å². The third kappa shape index (κ3) is 2.42. The number of likely N-dealkylation sites (tertiary alicyclic amines) is 1. The first-order valence-electron chi connectivity index (χ1n) is 7.29. The summed E-state index contributed by atoms with van der Waals surface area (Å²) in [6.45, 7) is 3.54. The first-order chi connectivity index (χ1) is 9.69. The summed E-state index contributed by atoms with van der Waals surface area (Å²) < 4.78 is 0. The topological polar surface area (TPSA) is 41.9 Å². The van der Waals surface area contributed by atoms with E-state index in [4.69, 9.17) is 4.84 Å². The third-order valence-electron chi connectivity index (χ3n) is 4.06. The van der Waals surface area contributed by atoms with Gasteiger partial charge in [-0.15, -0.1) is 0 Å². The van der Waals surface area contributed by atoms with Crippen LogP contribution in [0, 0.1) is 0 Å². The van der Waals surface area contributed by atoms with Gasteiger partial charge in [-0.1, -0.05) is 35.5 Å². The molecule has 4 heteroatoms. The molecule has 1 amide bonds. The lowest BCUT2D eigenvalue weighted by atomic mass is 9.94. The van der Waals surface area contributed by atoms with E-state index in [9.17, 15) is 4.79 Å². The van der Waals surface area contributed by atoms with Crippen LogP contribution in [0.1, 0.15) is 38.2 Å². The molecule has 1 saturated heterocycles. The average Bonchev–Trinajstić information content (AvgIpc) is 2.92. The highest BCUT2D eigenvalue weighted by atomic mass is 16.7. The third-order valence-corrected chi connectivity index (χ3v) is 4.06. The minimum absolute atomic E-state index is 0.0758. The molecule has 0 bridgehead atoms. The molecule has 0 unspecified atom stereocenters. The molecule has 20 heavy (non-hydrogen) atoms. The number of benzene rings is 1. The molecular formula is C16H20N2O2. The van der Waals surface area contributed by atoms with Gasteiger partial charge in [0.05, 0.1) is 5.71 Å². The van der Waals surface area contributed by atoms with Crippen molar-refractivity contribution in [2.24, 2.45) is 5.16 Å².